The number of anilines is 1. The van der Waals surface area contributed by atoms with Gasteiger partial charge in [0.25, 0.3) is 5.91 Å². The molecule has 0 aliphatic carbocycles. The molecule has 0 heterocycles. The van der Waals surface area contributed by atoms with Crippen molar-refractivity contribution < 1.29 is 4.79 Å². The first-order chi connectivity index (χ1) is 12.2. The van der Waals surface area contributed by atoms with Gasteiger partial charge in [0.05, 0.1) is 5.69 Å². The minimum absolute atomic E-state index is 0.0223. The molecule has 25 heavy (non-hydrogen) atoms. The summed E-state index contributed by atoms with van der Waals surface area (Å²) in [6.45, 7) is 0.446. The third-order valence-electron chi connectivity index (χ3n) is 3.19. The molecule has 2 N–H and O–H groups in total. The molecule has 0 aliphatic rings. The highest BCUT2D eigenvalue weighted by Crippen LogP contribution is 2.33. The minimum Gasteiger partial charge on any atom is -0.359 e. The normalized spacial score (nSPS) is 10.8. The molecule has 0 saturated carbocycles. The van der Waals surface area contributed by atoms with Crippen molar-refractivity contribution in [2.75, 3.05) is 17.7 Å². The van der Waals surface area contributed by atoms with Crippen molar-refractivity contribution in [2.45, 2.75) is 16.2 Å². The van der Waals surface area contributed by atoms with Crippen LogP contribution < -0.4 is 10.6 Å². The molecule has 128 valence electrons. The number of amides is 1. The molecular formula is C19H18ClN3OS. The topological polar surface area (TPSA) is 64.9 Å². The molecule has 2 aromatic carbocycles. The number of carbonyl (C=O) groups is 1. The van der Waals surface area contributed by atoms with Crippen LogP contribution in [0.15, 0.2) is 76.2 Å². The molecular weight excluding hydrogens is 354 g/mol. The van der Waals surface area contributed by atoms with E-state index in [0.717, 1.165) is 15.5 Å². The number of nitrogens with one attached hydrogen (secondary N) is 2. The third kappa shape index (κ3) is 6.18. The van der Waals surface area contributed by atoms with Gasteiger partial charge in [-0.1, -0.05) is 42.1 Å². The number of carbonyl (C=O) groups excluding carboxylic acids is 1. The summed E-state index contributed by atoms with van der Waals surface area (Å²) in [5, 5.41) is 14.9. The Labute approximate surface area is 156 Å². The van der Waals surface area contributed by atoms with Gasteiger partial charge in [-0.15, -0.1) is 11.6 Å². The van der Waals surface area contributed by atoms with Crippen LogP contribution in [0.4, 0.5) is 5.69 Å². The molecule has 1 amide bonds. The van der Waals surface area contributed by atoms with Gasteiger partial charge in [-0.05, 0) is 30.7 Å². The predicted octanol–water partition coefficient (Wildman–Crippen LogP) is 4.40. The molecule has 2 aromatic rings. The first-order valence-corrected chi connectivity index (χ1v) is 9.12. The molecule has 0 aromatic heterocycles. The molecule has 0 aliphatic heterocycles. The second-order valence-corrected chi connectivity index (χ2v) is 6.52. The highest BCUT2D eigenvalue weighted by molar-refractivity contribution is 7.99. The van der Waals surface area contributed by atoms with Crippen molar-refractivity contribution in [3.8, 4) is 6.07 Å². The van der Waals surface area contributed by atoms with E-state index in [2.05, 4.69) is 10.6 Å². The van der Waals surface area contributed by atoms with Crippen molar-refractivity contribution in [1.82, 2.24) is 5.32 Å². The average molecular weight is 372 g/mol. The second kappa shape index (κ2) is 10.4. The molecule has 0 unspecified atom stereocenters. The Kier molecular flexibility index (Phi) is 7.90. The molecule has 4 nitrogen and oxygen atoms in total. The van der Waals surface area contributed by atoms with Crippen molar-refractivity contribution in [2.24, 2.45) is 0 Å². The van der Waals surface area contributed by atoms with Gasteiger partial charge in [0.1, 0.15) is 11.6 Å². The van der Waals surface area contributed by atoms with Gasteiger partial charge in [0.2, 0.25) is 0 Å². The van der Waals surface area contributed by atoms with E-state index in [9.17, 15) is 10.1 Å². The molecule has 6 heteroatoms. The van der Waals surface area contributed by atoms with Crippen LogP contribution in [-0.4, -0.2) is 18.3 Å². The van der Waals surface area contributed by atoms with Gasteiger partial charge in [0.15, 0.2) is 0 Å². The fourth-order valence-electron chi connectivity index (χ4n) is 1.95. The number of nitriles is 1. The predicted molar refractivity (Wildman–Crippen MR) is 103 cm³/mol. The minimum atomic E-state index is -0.409. The Hall–Kier alpha value is -2.42. The molecule has 0 atom stereocenters. The van der Waals surface area contributed by atoms with E-state index in [0.29, 0.717) is 18.8 Å². The lowest BCUT2D eigenvalue weighted by Crippen LogP contribution is -2.26. The Morgan fingerprint density at radius 2 is 1.88 bits per heavy atom. The maximum absolute atomic E-state index is 12.0. The lowest BCUT2D eigenvalue weighted by atomic mass is 10.2. The highest BCUT2D eigenvalue weighted by Gasteiger charge is 2.09. The lowest BCUT2D eigenvalue weighted by molar-refractivity contribution is -0.117. The fourth-order valence-corrected chi connectivity index (χ4v) is 3.02. The van der Waals surface area contributed by atoms with E-state index in [1.165, 1.54) is 6.20 Å². The molecule has 0 bridgehead atoms. The van der Waals surface area contributed by atoms with Crippen molar-refractivity contribution in [1.29, 1.82) is 5.26 Å². The molecule has 2 rings (SSSR count). The molecule has 0 fully saturated rings. The summed E-state index contributed by atoms with van der Waals surface area (Å²) in [6.07, 6.45) is 2.09. The Bertz CT molecular complexity index is 772. The molecule has 0 spiro atoms. The van der Waals surface area contributed by atoms with Crippen LogP contribution in [0.5, 0.6) is 0 Å². The van der Waals surface area contributed by atoms with Crippen LogP contribution in [0.1, 0.15) is 6.42 Å². The van der Waals surface area contributed by atoms with Crippen LogP contribution in [-0.2, 0) is 4.79 Å². The van der Waals surface area contributed by atoms with E-state index in [4.69, 9.17) is 11.6 Å². The van der Waals surface area contributed by atoms with Gasteiger partial charge in [-0.3, -0.25) is 4.79 Å². The summed E-state index contributed by atoms with van der Waals surface area (Å²) in [5.74, 6) is 0.0575. The smallest absolute Gasteiger partial charge is 0.263 e. The van der Waals surface area contributed by atoms with E-state index in [-0.39, 0.29) is 5.57 Å². The number of alkyl halides is 1. The number of benzene rings is 2. The van der Waals surface area contributed by atoms with Gasteiger partial charge in [-0.25, -0.2) is 0 Å². The van der Waals surface area contributed by atoms with Crippen LogP contribution in [0.3, 0.4) is 0 Å². The number of hydrogen-bond donors (Lipinski definition) is 2. The first kappa shape index (κ1) is 18.9. The standard InChI is InChI=1S/C19H18ClN3OS/c20-11-6-12-22-19(24)15(13-21)14-23-17-9-4-5-10-18(17)25-16-7-2-1-3-8-16/h1-5,7-10,14,23H,6,11-12H2,(H,22,24)/b15-14-. The average Bonchev–Trinajstić information content (AvgIpc) is 2.64. The van der Waals surface area contributed by atoms with Gasteiger partial charge in [-0.2, -0.15) is 5.26 Å². The third-order valence-corrected chi connectivity index (χ3v) is 4.54. The highest BCUT2D eigenvalue weighted by atomic mass is 35.5. The van der Waals surface area contributed by atoms with Gasteiger partial charge >= 0.3 is 0 Å². The number of para-hydroxylation sites is 1. The largest absolute Gasteiger partial charge is 0.359 e. The molecule has 0 radical (unpaired) electrons. The fraction of sp³-hybridized carbons (Fsp3) is 0.158. The number of halogens is 1. The number of nitrogens with zero attached hydrogens (tertiary/aromatic N) is 1. The summed E-state index contributed by atoms with van der Waals surface area (Å²) in [7, 11) is 0. The lowest BCUT2D eigenvalue weighted by Gasteiger charge is -2.09. The van der Waals surface area contributed by atoms with Crippen molar-refractivity contribution >= 4 is 35.0 Å². The maximum Gasteiger partial charge on any atom is 0.263 e. The van der Waals surface area contributed by atoms with E-state index in [1.54, 1.807) is 11.8 Å². The zero-order valence-corrected chi connectivity index (χ0v) is 15.1. The number of rotatable bonds is 8. The van der Waals surface area contributed by atoms with E-state index >= 15 is 0 Å². The first-order valence-electron chi connectivity index (χ1n) is 7.77. The van der Waals surface area contributed by atoms with E-state index < -0.39 is 5.91 Å². The van der Waals surface area contributed by atoms with Crippen LogP contribution in [0.2, 0.25) is 0 Å². The van der Waals surface area contributed by atoms with E-state index in [1.807, 2.05) is 60.7 Å². The Balaban J connectivity index is 2.08. The van der Waals surface area contributed by atoms with Gasteiger partial charge in [0, 0.05) is 28.4 Å². The van der Waals surface area contributed by atoms with Crippen LogP contribution in [0.25, 0.3) is 0 Å². The van der Waals surface area contributed by atoms with Crippen molar-refractivity contribution in [3.05, 3.63) is 66.4 Å². The number of hydrogen-bond acceptors (Lipinski definition) is 4. The SMILES string of the molecule is N#C/C(=C/Nc1ccccc1Sc1ccccc1)C(=O)NCCCCl. The van der Waals surface area contributed by atoms with Crippen LogP contribution in [0, 0.1) is 11.3 Å². The maximum atomic E-state index is 12.0. The quantitative estimate of drug-likeness (QED) is 0.312. The Morgan fingerprint density at radius 3 is 2.60 bits per heavy atom. The zero-order valence-electron chi connectivity index (χ0n) is 13.5. The summed E-state index contributed by atoms with van der Waals surface area (Å²) >= 11 is 7.19. The van der Waals surface area contributed by atoms with Crippen LogP contribution >= 0.6 is 23.4 Å². The van der Waals surface area contributed by atoms with Gasteiger partial charge < -0.3 is 10.6 Å². The summed E-state index contributed by atoms with van der Waals surface area (Å²) < 4.78 is 0. The zero-order chi connectivity index (χ0) is 17.9. The molecule has 0 saturated heterocycles. The summed E-state index contributed by atoms with van der Waals surface area (Å²) in [5.41, 5.74) is 0.853. The Morgan fingerprint density at radius 1 is 1.16 bits per heavy atom. The van der Waals surface area contributed by atoms with Crippen molar-refractivity contribution in [3.63, 3.8) is 0 Å². The second-order valence-electron chi connectivity index (χ2n) is 5.02. The summed E-state index contributed by atoms with van der Waals surface area (Å²) in [6, 6.07) is 19.7. The summed E-state index contributed by atoms with van der Waals surface area (Å²) in [4.78, 5) is 14.1. The monoisotopic (exact) mass is 371 g/mol.